The predicted octanol–water partition coefficient (Wildman–Crippen LogP) is 2.28. The largest absolute Gasteiger partial charge is 0.354 e. The molecule has 0 aromatic heterocycles. The van der Waals surface area contributed by atoms with Crippen molar-refractivity contribution in [1.82, 2.24) is 4.31 Å². The van der Waals surface area contributed by atoms with Gasteiger partial charge in [0.25, 0.3) is 5.91 Å². The molecule has 3 rings (SSSR count). The molecule has 1 aliphatic rings. The number of carbonyl (C=O) groups excluding carboxylic acids is 2. The maximum absolute atomic E-state index is 13.4. The quantitative estimate of drug-likeness (QED) is 0.450. The third kappa shape index (κ3) is 4.40. The van der Waals surface area contributed by atoms with E-state index in [0.717, 1.165) is 9.21 Å². The van der Waals surface area contributed by atoms with Gasteiger partial charge in [0.15, 0.2) is 6.29 Å². The molecule has 0 N–H and O–H groups in total. The molecule has 1 saturated heterocycles. The highest BCUT2D eigenvalue weighted by molar-refractivity contribution is 7.89. The number of imide groups is 1. The van der Waals surface area contributed by atoms with Crippen molar-refractivity contribution in [2.45, 2.75) is 23.6 Å². The number of amides is 2. The maximum Gasteiger partial charge on any atom is 0.252 e. The van der Waals surface area contributed by atoms with Crippen molar-refractivity contribution >= 4 is 39.1 Å². The Labute approximate surface area is 180 Å². The Hall–Kier alpha value is -2.30. The molecule has 160 valence electrons. The Morgan fingerprint density at radius 3 is 2.23 bits per heavy atom. The van der Waals surface area contributed by atoms with Crippen LogP contribution in [0.1, 0.15) is 6.42 Å². The number of nitrogens with zero attached hydrogens (tertiary/aromatic N) is 2. The molecule has 2 aromatic rings. The van der Waals surface area contributed by atoms with Gasteiger partial charge in [-0.05, 0) is 36.4 Å². The number of halogens is 1. The van der Waals surface area contributed by atoms with Crippen molar-refractivity contribution in [3.05, 3.63) is 59.6 Å². The smallest absolute Gasteiger partial charge is 0.252 e. The van der Waals surface area contributed by atoms with Crippen LogP contribution in [-0.2, 0) is 29.1 Å². The molecule has 2 aromatic carbocycles. The minimum atomic E-state index is -4.16. The van der Waals surface area contributed by atoms with Crippen LogP contribution in [0.3, 0.4) is 0 Å². The molecule has 1 aliphatic heterocycles. The lowest BCUT2D eigenvalue weighted by atomic mass is 10.2. The molecule has 1 heterocycles. The van der Waals surface area contributed by atoms with Gasteiger partial charge in [-0.3, -0.25) is 9.59 Å². The molecule has 10 heteroatoms. The van der Waals surface area contributed by atoms with Crippen LogP contribution in [-0.4, -0.2) is 57.6 Å². The SMILES string of the molecule is COC(CN(C1CC(=O)N(c2ccccc2)C1=O)S(=O)(=O)c1ccc(Cl)cc1)OC. The third-order valence-electron chi connectivity index (χ3n) is 4.76. The van der Waals surface area contributed by atoms with Crippen LogP contribution in [0.15, 0.2) is 59.5 Å². The summed E-state index contributed by atoms with van der Waals surface area (Å²) in [6, 6.07) is 12.7. The number of benzene rings is 2. The number of anilines is 1. The average molecular weight is 453 g/mol. The van der Waals surface area contributed by atoms with E-state index in [2.05, 4.69) is 0 Å². The van der Waals surface area contributed by atoms with Crippen LogP contribution in [0.25, 0.3) is 0 Å². The maximum atomic E-state index is 13.4. The van der Waals surface area contributed by atoms with Gasteiger partial charge >= 0.3 is 0 Å². The van der Waals surface area contributed by atoms with Gasteiger partial charge < -0.3 is 9.47 Å². The molecule has 1 fully saturated rings. The van der Waals surface area contributed by atoms with Crippen LogP contribution in [0.4, 0.5) is 5.69 Å². The van der Waals surface area contributed by atoms with E-state index in [1.165, 1.54) is 38.5 Å². The topological polar surface area (TPSA) is 93.2 Å². The summed E-state index contributed by atoms with van der Waals surface area (Å²) in [5.74, 6) is -1.12. The number of carbonyl (C=O) groups is 2. The van der Waals surface area contributed by atoms with E-state index in [9.17, 15) is 18.0 Å². The molecule has 0 bridgehead atoms. The molecular weight excluding hydrogens is 432 g/mol. The van der Waals surface area contributed by atoms with Crippen molar-refractivity contribution in [3.8, 4) is 0 Å². The first kappa shape index (κ1) is 22.4. The number of sulfonamides is 1. The van der Waals surface area contributed by atoms with E-state index in [0.29, 0.717) is 10.7 Å². The van der Waals surface area contributed by atoms with E-state index in [-0.39, 0.29) is 17.9 Å². The van der Waals surface area contributed by atoms with Crippen molar-refractivity contribution in [3.63, 3.8) is 0 Å². The molecule has 0 saturated carbocycles. The second kappa shape index (κ2) is 9.23. The lowest BCUT2D eigenvalue weighted by molar-refractivity contribution is -0.125. The summed E-state index contributed by atoms with van der Waals surface area (Å²) >= 11 is 5.87. The zero-order chi connectivity index (χ0) is 21.9. The molecular formula is C20H21ClN2O6S. The van der Waals surface area contributed by atoms with Crippen LogP contribution >= 0.6 is 11.6 Å². The number of ether oxygens (including phenoxy) is 2. The molecule has 30 heavy (non-hydrogen) atoms. The van der Waals surface area contributed by atoms with Gasteiger partial charge in [0.05, 0.1) is 23.5 Å². The van der Waals surface area contributed by atoms with E-state index in [1.807, 2.05) is 0 Å². The Morgan fingerprint density at radius 2 is 1.67 bits per heavy atom. The number of hydrogen-bond acceptors (Lipinski definition) is 6. The Balaban J connectivity index is 2.01. The summed E-state index contributed by atoms with van der Waals surface area (Å²) in [6.07, 6.45) is -1.22. The molecule has 1 unspecified atom stereocenters. The molecule has 0 spiro atoms. The van der Waals surface area contributed by atoms with Crippen LogP contribution in [0.2, 0.25) is 5.02 Å². The van der Waals surface area contributed by atoms with Crippen molar-refractivity contribution < 1.29 is 27.5 Å². The molecule has 8 nitrogen and oxygen atoms in total. The summed E-state index contributed by atoms with van der Waals surface area (Å²) in [4.78, 5) is 26.7. The third-order valence-corrected chi connectivity index (χ3v) is 6.90. The first-order valence-electron chi connectivity index (χ1n) is 9.04. The predicted molar refractivity (Wildman–Crippen MR) is 110 cm³/mol. The first-order chi connectivity index (χ1) is 14.3. The standard InChI is InChI=1S/C20H21ClN2O6S/c1-28-19(29-2)13-22(30(26,27)16-10-8-14(21)9-11-16)17-12-18(24)23(20(17)25)15-6-4-3-5-7-15/h3-11,17,19H,12-13H2,1-2H3. The van der Waals surface area contributed by atoms with Crippen LogP contribution < -0.4 is 4.90 Å². The minimum absolute atomic E-state index is 0.0590. The fourth-order valence-electron chi connectivity index (χ4n) is 3.22. The minimum Gasteiger partial charge on any atom is -0.354 e. The Bertz CT molecular complexity index is 1010. The molecule has 0 radical (unpaired) electrons. The van der Waals surface area contributed by atoms with Crippen molar-refractivity contribution in [1.29, 1.82) is 0 Å². The number of rotatable bonds is 8. The van der Waals surface area contributed by atoms with E-state index < -0.39 is 34.2 Å². The second-order valence-corrected chi connectivity index (χ2v) is 8.88. The monoisotopic (exact) mass is 452 g/mol. The van der Waals surface area contributed by atoms with Crippen LogP contribution in [0.5, 0.6) is 0 Å². The first-order valence-corrected chi connectivity index (χ1v) is 10.9. The number of methoxy groups -OCH3 is 2. The Morgan fingerprint density at radius 1 is 1.07 bits per heavy atom. The lowest BCUT2D eigenvalue weighted by Crippen LogP contribution is -2.49. The highest BCUT2D eigenvalue weighted by Crippen LogP contribution is 2.30. The fraction of sp³-hybridized carbons (Fsp3) is 0.300. The summed E-state index contributed by atoms with van der Waals surface area (Å²) in [6.45, 7) is -0.274. The molecule has 2 amide bonds. The van der Waals surface area contributed by atoms with Gasteiger partial charge in [-0.15, -0.1) is 0 Å². The van der Waals surface area contributed by atoms with Crippen molar-refractivity contribution in [2.75, 3.05) is 25.7 Å². The molecule has 0 aliphatic carbocycles. The van der Waals surface area contributed by atoms with E-state index in [1.54, 1.807) is 30.3 Å². The number of hydrogen-bond donors (Lipinski definition) is 0. The summed E-state index contributed by atoms with van der Waals surface area (Å²) < 4.78 is 38.0. The highest BCUT2D eigenvalue weighted by Gasteiger charge is 2.47. The fourth-order valence-corrected chi connectivity index (χ4v) is 4.91. The molecule has 1 atom stereocenters. The Kier molecular flexibility index (Phi) is 6.89. The second-order valence-electron chi connectivity index (χ2n) is 6.55. The summed E-state index contributed by atoms with van der Waals surface area (Å²) in [5.41, 5.74) is 0.383. The number of para-hydroxylation sites is 1. The van der Waals surface area contributed by atoms with E-state index in [4.69, 9.17) is 21.1 Å². The van der Waals surface area contributed by atoms with E-state index >= 15 is 0 Å². The van der Waals surface area contributed by atoms with Gasteiger partial charge in [0, 0.05) is 19.2 Å². The average Bonchev–Trinajstić information content (AvgIpc) is 3.03. The zero-order valence-electron chi connectivity index (χ0n) is 16.4. The highest BCUT2D eigenvalue weighted by atomic mass is 35.5. The van der Waals surface area contributed by atoms with Gasteiger partial charge in [0.1, 0.15) is 6.04 Å². The lowest BCUT2D eigenvalue weighted by Gasteiger charge is -2.29. The van der Waals surface area contributed by atoms with Gasteiger partial charge in [-0.2, -0.15) is 4.31 Å². The van der Waals surface area contributed by atoms with Gasteiger partial charge in [0.2, 0.25) is 15.9 Å². The van der Waals surface area contributed by atoms with Gasteiger partial charge in [-0.1, -0.05) is 29.8 Å². The summed E-state index contributed by atoms with van der Waals surface area (Å²) in [5, 5.41) is 0.370. The van der Waals surface area contributed by atoms with Crippen molar-refractivity contribution in [2.24, 2.45) is 0 Å². The van der Waals surface area contributed by atoms with Gasteiger partial charge in [-0.25, -0.2) is 13.3 Å². The normalized spacial score (nSPS) is 17.4. The summed E-state index contributed by atoms with van der Waals surface area (Å²) in [7, 11) is -1.44. The van der Waals surface area contributed by atoms with Crippen LogP contribution in [0, 0.1) is 0 Å². The zero-order valence-corrected chi connectivity index (χ0v) is 18.0.